The van der Waals surface area contributed by atoms with E-state index in [-0.39, 0.29) is 5.91 Å². The van der Waals surface area contributed by atoms with Crippen LogP contribution in [0, 0.1) is 13.8 Å². The third-order valence-corrected chi connectivity index (χ3v) is 7.19. The minimum atomic E-state index is -5.83. The number of aryl methyl sites for hydroxylation is 2. The molecular formula is C28H23F5N6O2S. The van der Waals surface area contributed by atoms with E-state index in [0.29, 0.717) is 34.5 Å². The average molecular weight is 603 g/mol. The number of ether oxygens (including phenoxy) is 1. The molecule has 0 unspecified atom stereocenters. The van der Waals surface area contributed by atoms with Gasteiger partial charge in [-0.25, -0.2) is 9.67 Å². The van der Waals surface area contributed by atoms with Gasteiger partial charge in [-0.15, -0.1) is 5.10 Å². The summed E-state index contributed by atoms with van der Waals surface area (Å²) in [5.74, 6) is 0.0198. The fourth-order valence-corrected chi connectivity index (χ4v) is 5.02. The number of amides is 1. The van der Waals surface area contributed by atoms with Gasteiger partial charge in [-0.3, -0.25) is 9.69 Å². The van der Waals surface area contributed by atoms with Gasteiger partial charge in [0.2, 0.25) is 5.91 Å². The number of anilines is 1. The second-order valence-electron chi connectivity index (χ2n) is 9.31. The predicted octanol–water partition coefficient (Wildman–Crippen LogP) is 6.23. The molecule has 1 fully saturated rings. The zero-order valence-electron chi connectivity index (χ0n) is 22.2. The molecular weight excluding hydrogens is 579 g/mol. The van der Waals surface area contributed by atoms with E-state index in [0.717, 1.165) is 34.5 Å². The first-order chi connectivity index (χ1) is 19.9. The Labute approximate surface area is 241 Å². The lowest BCUT2D eigenvalue weighted by molar-refractivity contribution is -0.360. The standard InChI is InChI=1S/C28H23F5N6O2S/c1-17-4-3-5-18(2)24(17)39-23(40)15-42-26(39)36-35-14-19-6-8-20(9-7-19)25-34-16-38(37-25)21-10-12-22(13-11-21)41-28(32,33)27(29,30)31/h3-13,16,35H,14-15H2,1-2H3/b36-26+. The van der Waals surface area contributed by atoms with Crippen LogP contribution in [0.4, 0.5) is 27.6 Å². The summed E-state index contributed by atoms with van der Waals surface area (Å²) in [6.07, 6.45) is -9.74. The Morgan fingerprint density at radius 3 is 2.29 bits per heavy atom. The summed E-state index contributed by atoms with van der Waals surface area (Å²) in [7, 11) is 0. The second-order valence-corrected chi connectivity index (χ2v) is 10.3. The van der Waals surface area contributed by atoms with Crippen molar-refractivity contribution in [2.75, 3.05) is 10.7 Å². The number of nitrogens with zero attached hydrogens (tertiary/aromatic N) is 5. The first-order valence-electron chi connectivity index (χ1n) is 12.5. The van der Waals surface area contributed by atoms with Crippen LogP contribution in [-0.4, -0.2) is 43.9 Å². The number of rotatable bonds is 8. The molecule has 1 aromatic heterocycles. The molecule has 0 aliphatic carbocycles. The van der Waals surface area contributed by atoms with Crippen LogP contribution in [0.25, 0.3) is 17.1 Å². The van der Waals surface area contributed by atoms with Gasteiger partial charge in [0.25, 0.3) is 0 Å². The molecule has 1 aliphatic rings. The van der Waals surface area contributed by atoms with Crippen LogP contribution in [0.15, 0.2) is 78.2 Å². The third kappa shape index (κ3) is 6.08. The summed E-state index contributed by atoms with van der Waals surface area (Å²) in [5, 5.41) is 9.40. The molecule has 8 nitrogen and oxygen atoms in total. The van der Waals surface area contributed by atoms with Crippen LogP contribution < -0.4 is 15.1 Å². The molecule has 0 saturated carbocycles. The molecule has 4 aromatic rings. The molecule has 14 heteroatoms. The number of carbonyl (C=O) groups excluding carboxylic acids is 1. The normalized spacial score (nSPS) is 15.0. The number of hydrogen-bond donors (Lipinski definition) is 1. The number of nitrogens with one attached hydrogen (secondary N) is 1. The van der Waals surface area contributed by atoms with E-state index < -0.39 is 18.0 Å². The highest BCUT2D eigenvalue weighted by atomic mass is 32.2. The van der Waals surface area contributed by atoms with Gasteiger partial charge in [-0.2, -0.15) is 27.1 Å². The Kier molecular flexibility index (Phi) is 7.91. The summed E-state index contributed by atoms with van der Waals surface area (Å²) in [6.45, 7) is 4.32. The number of carbonyl (C=O) groups is 1. The third-order valence-electron chi connectivity index (χ3n) is 6.27. The van der Waals surface area contributed by atoms with Crippen LogP contribution in [-0.2, 0) is 11.3 Å². The highest BCUT2D eigenvalue weighted by molar-refractivity contribution is 8.15. The highest BCUT2D eigenvalue weighted by Gasteiger charge is 2.61. The average Bonchev–Trinajstić information content (AvgIpc) is 3.56. The molecule has 0 radical (unpaired) electrons. The number of aromatic nitrogens is 3. The summed E-state index contributed by atoms with van der Waals surface area (Å²) in [6, 6.07) is 17.8. The number of benzene rings is 3. The zero-order valence-corrected chi connectivity index (χ0v) is 23.0. The molecule has 2 heterocycles. The lowest BCUT2D eigenvalue weighted by Gasteiger charge is -2.20. The fraction of sp³-hybridized carbons (Fsp3) is 0.214. The molecule has 3 aromatic carbocycles. The van der Waals surface area contributed by atoms with Crippen molar-refractivity contribution in [3.63, 3.8) is 0 Å². The summed E-state index contributed by atoms with van der Waals surface area (Å²) in [4.78, 5) is 18.5. The molecule has 1 N–H and O–H groups in total. The van der Waals surface area contributed by atoms with Crippen molar-refractivity contribution in [1.29, 1.82) is 0 Å². The van der Waals surface area contributed by atoms with Crippen molar-refractivity contribution in [3.8, 4) is 22.8 Å². The molecule has 1 aliphatic heterocycles. The quantitative estimate of drug-likeness (QED) is 0.190. The maximum Gasteiger partial charge on any atom is 0.499 e. The topological polar surface area (TPSA) is 84.6 Å². The van der Waals surface area contributed by atoms with Crippen molar-refractivity contribution in [1.82, 2.24) is 20.2 Å². The van der Waals surface area contributed by atoms with Gasteiger partial charge in [0.05, 0.1) is 23.7 Å². The van der Waals surface area contributed by atoms with Gasteiger partial charge in [0.15, 0.2) is 11.0 Å². The van der Waals surface area contributed by atoms with E-state index in [2.05, 4.69) is 25.3 Å². The maximum atomic E-state index is 13.1. The van der Waals surface area contributed by atoms with Crippen molar-refractivity contribution in [3.05, 3.63) is 89.7 Å². The predicted molar refractivity (Wildman–Crippen MR) is 149 cm³/mol. The van der Waals surface area contributed by atoms with E-state index in [1.807, 2.05) is 56.3 Å². The Balaban J connectivity index is 1.22. The van der Waals surface area contributed by atoms with Gasteiger partial charge >= 0.3 is 12.3 Å². The number of alkyl halides is 5. The van der Waals surface area contributed by atoms with Crippen LogP contribution >= 0.6 is 11.8 Å². The van der Waals surface area contributed by atoms with E-state index in [4.69, 9.17) is 0 Å². The molecule has 0 bridgehead atoms. The Hall–Kier alpha value is -4.46. The minimum absolute atomic E-state index is 0.0264. The summed E-state index contributed by atoms with van der Waals surface area (Å²) >= 11 is 1.37. The van der Waals surface area contributed by atoms with Crippen molar-refractivity contribution < 1.29 is 31.5 Å². The number of hydrazone groups is 1. The van der Waals surface area contributed by atoms with Gasteiger partial charge in [0, 0.05) is 5.56 Å². The van der Waals surface area contributed by atoms with Crippen LogP contribution in [0.2, 0.25) is 0 Å². The van der Waals surface area contributed by atoms with Crippen molar-refractivity contribution in [2.45, 2.75) is 32.7 Å². The number of amidine groups is 1. The number of halogens is 5. The Bertz CT molecular complexity index is 1600. The lowest BCUT2D eigenvalue weighted by Crippen LogP contribution is -2.41. The molecule has 218 valence electrons. The molecule has 0 atom stereocenters. The molecule has 42 heavy (non-hydrogen) atoms. The Morgan fingerprint density at radius 1 is 0.976 bits per heavy atom. The number of hydrogen-bond acceptors (Lipinski definition) is 7. The van der Waals surface area contributed by atoms with Gasteiger partial charge in [-0.05, 0) is 54.8 Å². The Morgan fingerprint density at radius 2 is 1.64 bits per heavy atom. The van der Waals surface area contributed by atoms with Crippen LogP contribution in [0.1, 0.15) is 16.7 Å². The van der Waals surface area contributed by atoms with E-state index in [1.54, 1.807) is 4.90 Å². The largest absolute Gasteiger partial charge is 0.499 e. The number of thioether (sulfide) groups is 1. The molecule has 0 spiro atoms. The molecule has 5 rings (SSSR count). The first kappa shape index (κ1) is 29.0. The van der Waals surface area contributed by atoms with Crippen molar-refractivity contribution >= 4 is 28.5 Å². The zero-order chi connectivity index (χ0) is 30.1. The minimum Gasteiger partial charge on any atom is -0.426 e. The molecule has 1 amide bonds. The van der Waals surface area contributed by atoms with Crippen molar-refractivity contribution in [2.24, 2.45) is 5.10 Å². The highest BCUT2D eigenvalue weighted by Crippen LogP contribution is 2.37. The van der Waals surface area contributed by atoms with Gasteiger partial charge < -0.3 is 10.2 Å². The fourth-order valence-electron chi connectivity index (χ4n) is 4.19. The number of para-hydroxylation sites is 1. The smallest absolute Gasteiger partial charge is 0.426 e. The summed E-state index contributed by atoms with van der Waals surface area (Å²) < 4.78 is 68.5. The SMILES string of the molecule is Cc1cccc(C)c1N1C(=O)CS/C1=N/NCc1ccc(-c2ncn(-c3ccc(OC(F)(F)C(F)(F)F)cc3)n2)cc1. The monoisotopic (exact) mass is 602 g/mol. The van der Waals surface area contributed by atoms with Gasteiger partial charge in [-0.1, -0.05) is 54.2 Å². The molecule has 1 saturated heterocycles. The summed E-state index contributed by atoms with van der Waals surface area (Å²) in [5.41, 5.74) is 7.86. The first-order valence-corrected chi connectivity index (χ1v) is 13.5. The van der Waals surface area contributed by atoms with E-state index in [1.165, 1.54) is 34.9 Å². The van der Waals surface area contributed by atoms with Gasteiger partial charge in [0.1, 0.15) is 12.1 Å². The van der Waals surface area contributed by atoms with E-state index >= 15 is 0 Å². The second kappa shape index (κ2) is 11.4. The lowest BCUT2D eigenvalue weighted by atomic mass is 10.1. The maximum absolute atomic E-state index is 13.1. The van der Waals surface area contributed by atoms with Crippen LogP contribution in [0.3, 0.4) is 0 Å². The van der Waals surface area contributed by atoms with E-state index in [9.17, 15) is 26.7 Å². The van der Waals surface area contributed by atoms with Crippen LogP contribution in [0.5, 0.6) is 5.75 Å².